The van der Waals surface area contributed by atoms with Crippen molar-refractivity contribution in [3.63, 3.8) is 0 Å². The topological polar surface area (TPSA) is 0 Å². The summed E-state index contributed by atoms with van der Waals surface area (Å²) in [6.45, 7) is 2.30. The molecule has 23 heavy (non-hydrogen) atoms. The Labute approximate surface area is 154 Å². The van der Waals surface area contributed by atoms with E-state index in [4.69, 9.17) is 0 Å². The summed E-state index contributed by atoms with van der Waals surface area (Å²) in [4.78, 5) is 7.57. The van der Waals surface area contributed by atoms with Crippen LogP contribution in [0.5, 0.6) is 0 Å². The van der Waals surface area contributed by atoms with Gasteiger partial charge < -0.3 is 0 Å². The van der Waals surface area contributed by atoms with E-state index < -0.39 is 18.4 Å². The molecular formula is C21H40SSn. The number of thiophene rings is 1. The molecule has 0 saturated heterocycles. The van der Waals surface area contributed by atoms with Crippen molar-refractivity contribution in [2.24, 2.45) is 0 Å². The average Bonchev–Trinajstić information content (AvgIpc) is 2.97. The number of unbranched alkanes of at least 4 members (excludes halogenated alkanes) is 11. The van der Waals surface area contributed by atoms with Crippen LogP contribution in [0, 0.1) is 0 Å². The van der Waals surface area contributed by atoms with E-state index >= 15 is 0 Å². The van der Waals surface area contributed by atoms with E-state index in [1.165, 1.54) is 83.5 Å². The van der Waals surface area contributed by atoms with Crippen molar-refractivity contribution in [3.05, 3.63) is 17.0 Å². The normalized spacial score (nSPS) is 12.0. The first-order valence-electron chi connectivity index (χ1n) is 10.1. The summed E-state index contributed by atoms with van der Waals surface area (Å²) < 4.78 is 1.74. The van der Waals surface area contributed by atoms with E-state index in [9.17, 15) is 0 Å². The molecule has 0 fully saturated rings. The summed E-state index contributed by atoms with van der Waals surface area (Å²) in [6.07, 6.45) is 18.7. The third-order valence-electron chi connectivity index (χ3n) is 4.71. The van der Waals surface area contributed by atoms with Gasteiger partial charge in [-0.1, -0.05) is 32.6 Å². The van der Waals surface area contributed by atoms with Crippen LogP contribution in [0.15, 0.2) is 11.4 Å². The molecule has 0 atom stereocenters. The van der Waals surface area contributed by atoms with Gasteiger partial charge in [0, 0.05) is 0 Å². The fourth-order valence-corrected chi connectivity index (χ4v) is 9.40. The Balaban J connectivity index is 1.91. The van der Waals surface area contributed by atoms with Crippen LogP contribution in [0.25, 0.3) is 0 Å². The Morgan fingerprint density at radius 2 is 1.22 bits per heavy atom. The third kappa shape index (κ3) is 10.9. The van der Waals surface area contributed by atoms with Crippen molar-refractivity contribution >= 4 is 32.6 Å². The van der Waals surface area contributed by atoms with Crippen LogP contribution in [0.2, 0.25) is 14.8 Å². The van der Waals surface area contributed by atoms with E-state index in [0.29, 0.717) is 0 Å². The number of hydrogen-bond acceptors (Lipinski definition) is 1. The molecule has 1 rings (SSSR count). The van der Waals surface area contributed by atoms with Crippen LogP contribution in [-0.2, 0) is 6.42 Å². The van der Waals surface area contributed by atoms with E-state index in [1.807, 2.05) is 11.3 Å². The standard InChI is InChI=1S/C18H31S.3CH3.Sn/c1-2-3-4-5-6-7-8-9-10-11-12-13-14-18-15-16-19-17-18;;;;/h15,17H,2-14H2,1H3;3*1H3;. The molecular weight excluding hydrogens is 403 g/mol. The molecule has 134 valence electrons. The van der Waals surface area contributed by atoms with Crippen LogP contribution in [-0.4, -0.2) is 18.4 Å². The monoisotopic (exact) mass is 444 g/mol. The SMILES string of the molecule is CCCCCCCCCCCCCCc1cs[c]([Sn]([CH3])([CH3])[CH3])c1. The summed E-state index contributed by atoms with van der Waals surface area (Å²) in [5, 5.41) is 2.43. The molecule has 0 radical (unpaired) electrons. The summed E-state index contributed by atoms with van der Waals surface area (Å²) >= 11 is 0.241. The van der Waals surface area contributed by atoms with Gasteiger partial charge in [0.2, 0.25) is 0 Å². The summed E-state index contributed by atoms with van der Waals surface area (Å²) in [5.41, 5.74) is 1.61. The van der Waals surface area contributed by atoms with Crippen molar-refractivity contribution in [1.29, 1.82) is 0 Å². The molecule has 0 aliphatic heterocycles. The van der Waals surface area contributed by atoms with Gasteiger partial charge in [0.1, 0.15) is 0 Å². The first-order valence-corrected chi connectivity index (χ1v) is 21.0. The molecule has 1 heterocycles. The molecule has 0 nitrogen and oxygen atoms in total. The van der Waals surface area contributed by atoms with Gasteiger partial charge in [0.25, 0.3) is 0 Å². The van der Waals surface area contributed by atoms with Crippen molar-refractivity contribution in [2.75, 3.05) is 0 Å². The Morgan fingerprint density at radius 1 is 0.739 bits per heavy atom. The molecule has 1 aromatic rings. The average molecular weight is 443 g/mol. The molecule has 0 aliphatic rings. The number of hydrogen-bond donors (Lipinski definition) is 0. The van der Waals surface area contributed by atoms with Gasteiger partial charge in [-0.2, -0.15) is 0 Å². The predicted molar refractivity (Wildman–Crippen MR) is 112 cm³/mol. The quantitative estimate of drug-likeness (QED) is 0.206. The molecule has 0 spiro atoms. The zero-order chi connectivity index (χ0) is 17.0. The van der Waals surface area contributed by atoms with Crippen LogP contribution < -0.4 is 2.89 Å². The van der Waals surface area contributed by atoms with Crippen LogP contribution in [0.3, 0.4) is 0 Å². The molecule has 0 amide bonds. The molecule has 0 bridgehead atoms. The summed E-state index contributed by atoms with van der Waals surface area (Å²) in [6, 6.07) is 2.53. The zero-order valence-corrected chi connectivity index (χ0v) is 19.9. The van der Waals surface area contributed by atoms with Crippen molar-refractivity contribution in [1.82, 2.24) is 0 Å². The number of rotatable bonds is 14. The second kappa shape index (κ2) is 12.8. The van der Waals surface area contributed by atoms with Gasteiger partial charge in [-0.05, 0) is 0 Å². The van der Waals surface area contributed by atoms with Crippen molar-refractivity contribution in [2.45, 2.75) is 105 Å². The fraction of sp³-hybridized carbons (Fsp3) is 0.810. The van der Waals surface area contributed by atoms with Crippen molar-refractivity contribution in [3.8, 4) is 0 Å². The molecule has 0 unspecified atom stereocenters. The Kier molecular flexibility index (Phi) is 12.0. The molecule has 1 aromatic heterocycles. The molecule has 0 aliphatic carbocycles. The van der Waals surface area contributed by atoms with E-state index in [1.54, 1.807) is 8.46 Å². The van der Waals surface area contributed by atoms with E-state index in [0.717, 1.165) is 0 Å². The van der Waals surface area contributed by atoms with Crippen LogP contribution in [0.4, 0.5) is 0 Å². The molecule has 0 N–H and O–H groups in total. The van der Waals surface area contributed by atoms with Crippen LogP contribution in [0.1, 0.15) is 89.5 Å². The Morgan fingerprint density at radius 3 is 1.65 bits per heavy atom. The van der Waals surface area contributed by atoms with E-state index in [-0.39, 0.29) is 0 Å². The second-order valence-corrected chi connectivity index (χ2v) is 24.5. The maximum absolute atomic E-state index is 2.53. The van der Waals surface area contributed by atoms with Gasteiger partial charge in [-0.25, -0.2) is 0 Å². The van der Waals surface area contributed by atoms with Gasteiger partial charge >= 0.3 is 122 Å². The predicted octanol–water partition coefficient (Wildman–Crippen LogP) is 7.54. The molecule has 2 heteroatoms. The first kappa shape index (κ1) is 21.5. The number of aryl methyl sites for hydroxylation is 1. The maximum atomic E-state index is 2.53. The third-order valence-corrected chi connectivity index (χ3v) is 15.3. The first-order chi connectivity index (χ1) is 11.0. The Bertz CT molecular complexity index is 389. The van der Waals surface area contributed by atoms with Gasteiger partial charge in [0.05, 0.1) is 0 Å². The summed E-state index contributed by atoms with van der Waals surface area (Å²) in [5.74, 6) is 0. The van der Waals surface area contributed by atoms with E-state index in [2.05, 4.69) is 33.2 Å². The minimum atomic E-state index is -1.79. The second-order valence-electron chi connectivity index (χ2n) is 8.21. The fourth-order valence-electron chi connectivity index (χ4n) is 3.07. The summed E-state index contributed by atoms with van der Waals surface area (Å²) in [7, 11) is 0. The zero-order valence-electron chi connectivity index (χ0n) is 16.3. The minimum absolute atomic E-state index is 1.32. The molecule has 0 aromatic carbocycles. The molecule has 0 saturated carbocycles. The van der Waals surface area contributed by atoms with Gasteiger partial charge in [-0.3, -0.25) is 0 Å². The van der Waals surface area contributed by atoms with Crippen molar-refractivity contribution < 1.29 is 0 Å². The van der Waals surface area contributed by atoms with Crippen LogP contribution >= 0.6 is 11.3 Å². The van der Waals surface area contributed by atoms with Gasteiger partial charge in [-0.15, -0.1) is 0 Å². The Hall–Kier alpha value is 0.499. The van der Waals surface area contributed by atoms with Gasteiger partial charge in [0.15, 0.2) is 0 Å².